The molecule has 0 aromatic rings. The van der Waals surface area contributed by atoms with Crippen LogP contribution in [-0.2, 0) is 4.74 Å². The number of methoxy groups -OCH3 is 1. The van der Waals surface area contributed by atoms with Crippen LogP contribution in [0, 0.1) is 0 Å². The molecule has 1 saturated heterocycles. The molecule has 0 aromatic carbocycles. The van der Waals surface area contributed by atoms with Crippen molar-refractivity contribution >= 4 is 0 Å². The van der Waals surface area contributed by atoms with Crippen LogP contribution < -0.4 is 5.32 Å². The summed E-state index contributed by atoms with van der Waals surface area (Å²) in [6.07, 6.45) is 6.43. The SMILES string of the molecule is CNC1CCN(CCCCCOC)C(C)C1. The number of nitrogens with zero attached hydrogens (tertiary/aromatic N) is 1. The van der Waals surface area contributed by atoms with Gasteiger partial charge in [-0.3, -0.25) is 0 Å². The van der Waals surface area contributed by atoms with Crippen molar-refractivity contribution in [2.75, 3.05) is 33.9 Å². The molecule has 3 nitrogen and oxygen atoms in total. The van der Waals surface area contributed by atoms with Gasteiger partial charge in [0.2, 0.25) is 0 Å². The number of rotatable bonds is 7. The number of unbranched alkanes of at least 4 members (excludes halogenated alkanes) is 2. The van der Waals surface area contributed by atoms with Gasteiger partial charge in [0.15, 0.2) is 0 Å². The van der Waals surface area contributed by atoms with E-state index in [2.05, 4.69) is 24.2 Å². The molecule has 3 heteroatoms. The van der Waals surface area contributed by atoms with Crippen molar-refractivity contribution in [3.05, 3.63) is 0 Å². The largest absolute Gasteiger partial charge is 0.385 e. The van der Waals surface area contributed by atoms with E-state index in [1.54, 1.807) is 7.11 Å². The van der Waals surface area contributed by atoms with Gasteiger partial charge in [0, 0.05) is 25.8 Å². The van der Waals surface area contributed by atoms with Gasteiger partial charge in [-0.05, 0) is 59.2 Å². The van der Waals surface area contributed by atoms with Gasteiger partial charge in [0.1, 0.15) is 0 Å². The van der Waals surface area contributed by atoms with Crippen molar-refractivity contribution in [2.24, 2.45) is 0 Å². The van der Waals surface area contributed by atoms with Crippen molar-refractivity contribution in [3.8, 4) is 0 Å². The molecule has 2 unspecified atom stereocenters. The summed E-state index contributed by atoms with van der Waals surface area (Å²) in [4.78, 5) is 2.64. The Kier molecular flexibility index (Phi) is 7.01. The van der Waals surface area contributed by atoms with Crippen LogP contribution in [0.2, 0.25) is 0 Å². The molecule has 1 rings (SSSR count). The minimum absolute atomic E-state index is 0.736. The second kappa shape index (κ2) is 8.04. The quantitative estimate of drug-likeness (QED) is 0.673. The van der Waals surface area contributed by atoms with E-state index in [-0.39, 0.29) is 0 Å². The van der Waals surface area contributed by atoms with Crippen LogP contribution in [0.25, 0.3) is 0 Å². The number of hydrogen-bond donors (Lipinski definition) is 1. The lowest BCUT2D eigenvalue weighted by Gasteiger charge is -2.37. The third-order valence-electron chi connectivity index (χ3n) is 3.72. The zero-order valence-corrected chi connectivity index (χ0v) is 11.2. The van der Waals surface area contributed by atoms with E-state index in [1.807, 2.05) is 0 Å². The van der Waals surface area contributed by atoms with E-state index in [0.717, 1.165) is 18.7 Å². The Labute approximate surface area is 101 Å². The molecule has 0 bridgehead atoms. The third-order valence-corrected chi connectivity index (χ3v) is 3.72. The maximum absolute atomic E-state index is 5.06. The minimum Gasteiger partial charge on any atom is -0.385 e. The van der Waals surface area contributed by atoms with E-state index in [1.165, 1.54) is 45.2 Å². The Morgan fingerprint density at radius 1 is 1.31 bits per heavy atom. The predicted octanol–water partition coefficient (Wildman–Crippen LogP) is 1.88. The Balaban J connectivity index is 2.08. The van der Waals surface area contributed by atoms with Crippen LogP contribution in [0.5, 0.6) is 0 Å². The molecular weight excluding hydrogens is 200 g/mol. The number of hydrogen-bond acceptors (Lipinski definition) is 3. The molecule has 0 radical (unpaired) electrons. The van der Waals surface area contributed by atoms with Gasteiger partial charge in [-0.1, -0.05) is 0 Å². The highest BCUT2D eigenvalue weighted by atomic mass is 16.5. The maximum Gasteiger partial charge on any atom is 0.0462 e. The average molecular weight is 228 g/mol. The van der Waals surface area contributed by atoms with Crippen LogP contribution in [0.1, 0.15) is 39.0 Å². The first-order valence-corrected chi connectivity index (χ1v) is 6.68. The fraction of sp³-hybridized carbons (Fsp3) is 1.00. The number of piperidine rings is 1. The topological polar surface area (TPSA) is 24.5 Å². The molecule has 0 aliphatic carbocycles. The molecule has 1 fully saturated rings. The highest BCUT2D eigenvalue weighted by molar-refractivity contribution is 4.81. The van der Waals surface area contributed by atoms with Crippen LogP contribution in [0.3, 0.4) is 0 Å². The molecule has 0 aromatic heterocycles. The Morgan fingerprint density at radius 3 is 2.75 bits per heavy atom. The van der Waals surface area contributed by atoms with Crippen LogP contribution in [0.4, 0.5) is 0 Å². The fourth-order valence-electron chi connectivity index (χ4n) is 2.55. The Bertz CT molecular complexity index is 175. The van der Waals surface area contributed by atoms with E-state index in [9.17, 15) is 0 Å². The lowest BCUT2D eigenvalue weighted by atomic mass is 9.98. The van der Waals surface area contributed by atoms with Crippen LogP contribution in [0.15, 0.2) is 0 Å². The van der Waals surface area contributed by atoms with Crippen molar-refractivity contribution in [3.63, 3.8) is 0 Å². The zero-order chi connectivity index (χ0) is 11.8. The van der Waals surface area contributed by atoms with Crippen molar-refractivity contribution in [1.29, 1.82) is 0 Å². The van der Waals surface area contributed by atoms with Crippen LogP contribution in [-0.4, -0.2) is 50.8 Å². The molecule has 1 heterocycles. The summed E-state index contributed by atoms with van der Waals surface area (Å²) in [5.41, 5.74) is 0. The van der Waals surface area contributed by atoms with Crippen molar-refractivity contribution < 1.29 is 4.74 Å². The molecule has 0 saturated carbocycles. The molecule has 2 atom stereocenters. The summed E-state index contributed by atoms with van der Waals surface area (Å²) in [6, 6.07) is 1.48. The Hall–Kier alpha value is -0.120. The smallest absolute Gasteiger partial charge is 0.0462 e. The van der Waals surface area contributed by atoms with Crippen molar-refractivity contribution in [1.82, 2.24) is 10.2 Å². The number of likely N-dealkylation sites (tertiary alicyclic amines) is 1. The van der Waals surface area contributed by atoms with Gasteiger partial charge >= 0.3 is 0 Å². The molecular formula is C13H28N2O. The highest BCUT2D eigenvalue weighted by Gasteiger charge is 2.23. The normalized spacial score (nSPS) is 27.2. The number of nitrogens with one attached hydrogen (secondary N) is 1. The van der Waals surface area contributed by atoms with Gasteiger partial charge in [-0.2, -0.15) is 0 Å². The second-order valence-corrected chi connectivity index (χ2v) is 4.95. The van der Waals surface area contributed by atoms with Gasteiger partial charge < -0.3 is 15.0 Å². The maximum atomic E-state index is 5.06. The van der Waals surface area contributed by atoms with Crippen LogP contribution >= 0.6 is 0 Å². The monoisotopic (exact) mass is 228 g/mol. The Morgan fingerprint density at radius 2 is 2.12 bits per heavy atom. The molecule has 1 aliphatic rings. The van der Waals surface area contributed by atoms with Gasteiger partial charge in [0.05, 0.1) is 0 Å². The number of ether oxygens (including phenoxy) is 1. The van der Waals surface area contributed by atoms with E-state index in [0.29, 0.717) is 0 Å². The first-order chi connectivity index (χ1) is 7.77. The summed E-state index contributed by atoms with van der Waals surface area (Å²) >= 11 is 0. The first kappa shape index (κ1) is 13.9. The summed E-state index contributed by atoms with van der Waals surface area (Å²) in [6.45, 7) is 5.80. The molecule has 1 N–H and O–H groups in total. The average Bonchev–Trinajstić information content (AvgIpc) is 2.30. The lowest BCUT2D eigenvalue weighted by molar-refractivity contribution is 0.133. The third kappa shape index (κ3) is 4.81. The van der Waals surface area contributed by atoms with E-state index in [4.69, 9.17) is 4.74 Å². The molecule has 96 valence electrons. The van der Waals surface area contributed by atoms with Gasteiger partial charge in [-0.25, -0.2) is 0 Å². The van der Waals surface area contributed by atoms with Gasteiger partial charge in [0.25, 0.3) is 0 Å². The second-order valence-electron chi connectivity index (χ2n) is 4.95. The lowest BCUT2D eigenvalue weighted by Crippen LogP contribution is -2.46. The first-order valence-electron chi connectivity index (χ1n) is 6.68. The summed E-state index contributed by atoms with van der Waals surface area (Å²) < 4.78 is 5.06. The summed E-state index contributed by atoms with van der Waals surface area (Å²) in [5.74, 6) is 0. The fourth-order valence-corrected chi connectivity index (χ4v) is 2.55. The minimum atomic E-state index is 0.736. The standard InChI is InChI=1S/C13H28N2O/c1-12-11-13(14-2)7-9-15(12)8-5-4-6-10-16-3/h12-14H,4-11H2,1-3H3. The van der Waals surface area contributed by atoms with E-state index >= 15 is 0 Å². The summed E-state index contributed by atoms with van der Waals surface area (Å²) in [5, 5.41) is 3.40. The summed E-state index contributed by atoms with van der Waals surface area (Å²) in [7, 11) is 3.86. The molecule has 16 heavy (non-hydrogen) atoms. The molecule has 0 amide bonds. The predicted molar refractivity (Wildman–Crippen MR) is 68.8 cm³/mol. The molecule has 0 spiro atoms. The molecule has 1 aliphatic heterocycles. The van der Waals surface area contributed by atoms with Crippen molar-refractivity contribution in [2.45, 2.75) is 51.1 Å². The van der Waals surface area contributed by atoms with Gasteiger partial charge in [-0.15, -0.1) is 0 Å². The van der Waals surface area contributed by atoms with E-state index < -0.39 is 0 Å². The highest BCUT2D eigenvalue weighted by Crippen LogP contribution is 2.17. The zero-order valence-electron chi connectivity index (χ0n) is 11.2.